The summed E-state index contributed by atoms with van der Waals surface area (Å²) in [7, 11) is 0. The average molecular weight is 459 g/mol. The van der Waals surface area contributed by atoms with E-state index in [1.807, 2.05) is 15.5 Å². The van der Waals surface area contributed by atoms with Crippen LogP contribution in [-0.4, -0.2) is 51.0 Å². The number of amides is 1. The van der Waals surface area contributed by atoms with Gasteiger partial charge in [0.05, 0.1) is 6.67 Å². The van der Waals surface area contributed by atoms with Gasteiger partial charge >= 0.3 is 0 Å². The largest absolute Gasteiger partial charge is 0.343 e. The van der Waals surface area contributed by atoms with E-state index >= 15 is 0 Å². The van der Waals surface area contributed by atoms with Gasteiger partial charge in [-0.05, 0) is 55.7 Å². The number of pyridine rings is 1. The number of carbonyl (C=O) groups is 1. The van der Waals surface area contributed by atoms with Crippen molar-refractivity contribution >= 4 is 16.8 Å². The standard InChI is InChI=1S/C28H34N4O2/c33-27(30-13-3-4-14-30)11-5-7-22-19-31(26-9-2-1-8-24(22)26)20-29-16-21-15-23(18-29)25-10-6-12-28(34)32(25)17-21/h1-2,6,8-10,12,19,21,23H,3-5,7,11,13-18,20H2. The van der Waals surface area contributed by atoms with Crippen molar-refractivity contribution in [1.29, 1.82) is 0 Å². The van der Waals surface area contributed by atoms with Gasteiger partial charge in [-0.3, -0.25) is 14.5 Å². The summed E-state index contributed by atoms with van der Waals surface area (Å²) in [6, 6.07) is 14.4. The van der Waals surface area contributed by atoms with Crippen LogP contribution in [0.15, 0.2) is 53.5 Å². The van der Waals surface area contributed by atoms with Crippen LogP contribution in [0, 0.1) is 5.92 Å². The van der Waals surface area contributed by atoms with Crippen LogP contribution in [0.4, 0.5) is 0 Å². The van der Waals surface area contributed by atoms with Crippen molar-refractivity contribution in [3.63, 3.8) is 0 Å². The SMILES string of the molecule is O=C(CCCc1cn(CN2CC3CC(C2)c2cccc(=O)n2C3)c2ccccc12)N1CCCC1. The van der Waals surface area contributed by atoms with Crippen LogP contribution in [0.2, 0.25) is 0 Å². The summed E-state index contributed by atoms with van der Waals surface area (Å²) in [5, 5.41) is 1.31. The van der Waals surface area contributed by atoms with Crippen molar-refractivity contribution in [2.24, 2.45) is 5.92 Å². The fourth-order valence-electron chi connectivity index (χ4n) is 6.52. The predicted molar refractivity (Wildman–Crippen MR) is 134 cm³/mol. The zero-order valence-electron chi connectivity index (χ0n) is 19.9. The first-order chi connectivity index (χ1) is 16.7. The van der Waals surface area contributed by atoms with Crippen LogP contribution in [0.3, 0.4) is 0 Å². The summed E-state index contributed by atoms with van der Waals surface area (Å²) in [5.74, 6) is 1.28. The fraction of sp³-hybridized carbons (Fsp3) is 0.500. The number of rotatable bonds is 6. The molecule has 0 saturated carbocycles. The van der Waals surface area contributed by atoms with Crippen molar-refractivity contribution < 1.29 is 4.79 Å². The Hall–Kier alpha value is -2.86. The molecule has 178 valence electrons. The van der Waals surface area contributed by atoms with Crippen molar-refractivity contribution in [2.45, 2.75) is 57.7 Å². The van der Waals surface area contributed by atoms with Gasteiger partial charge in [-0.15, -0.1) is 0 Å². The molecule has 6 nitrogen and oxygen atoms in total. The molecule has 3 aliphatic heterocycles. The summed E-state index contributed by atoms with van der Waals surface area (Å²) in [5.41, 5.74) is 3.97. The number of carbonyl (C=O) groups excluding carboxylic acids is 1. The first-order valence-corrected chi connectivity index (χ1v) is 12.9. The summed E-state index contributed by atoms with van der Waals surface area (Å²) in [6.07, 6.45) is 8.29. The van der Waals surface area contributed by atoms with E-state index in [0.717, 1.165) is 65.1 Å². The molecule has 6 rings (SSSR count). The van der Waals surface area contributed by atoms with Gasteiger partial charge in [-0.1, -0.05) is 24.3 Å². The van der Waals surface area contributed by atoms with E-state index in [4.69, 9.17) is 0 Å². The van der Waals surface area contributed by atoms with E-state index in [-0.39, 0.29) is 5.56 Å². The molecule has 3 aliphatic rings. The quantitative estimate of drug-likeness (QED) is 0.564. The molecule has 0 N–H and O–H groups in total. The lowest BCUT2D eigenvalue weighted by Gasteiger charge is -2.42. The average Bonchev–Trinajstić information content (AvgIpc) is 3.49. The molecule has 5 heterocycles. The molecule has 2 bridgehead atoms. The molecular weight excluding hydrogens is 424 g/mol. The maximum atomic E-state index is 12.5. The zero-order chi connectivity index (χ0) is 23.1. The molecule has 34 heavy (non-hydrogen) atoms. The van der Waals surface area contributed by atoms with Gasteiger partial charge in [0.15, 0.2) is 0 Å². The van der Waals surface area contributed by atoms with Crippen molar-refractivity contribution in [1.82, 2.24) is 18.9 Å². The predicted octanol–water partition coefficient (Wildman–Crippen LogP) is 3.82. The Morgan fingerprint density at radius 1 is 0.971 bits per heavy atom. The number of aromatic nitrogens is 2. The van der Waals surface area contributed by atoms with Crippen LogP contribution in [0.25, 0.3) is 10.9 Å². The van der Waals surface area contributed by atoms with E-state index in [1.165, 1.54) is 28.6 Å². The molecule has 3 aromatic rings. The second kappa shape index (κ2) is 9.06. The van der Waals surface area contributed by atoms with Crippen molar-refractivity contribution in [2.75, 3.05) is 26.2 Å². The number of aryl methyl sites for hydroxylation is 1. The monoisotopic (exact) mass is 458 g/mol. The highest BCUT2D eigenvalue weighted by atomic mass is 16.2. The first-order valence-electron chi connectivity index (χ1n) is 12.9. The molecule has 2 saturated heterocycles. The van der Waals surface area contributed by atoms with Gasteiger partial charge in [0.2, 0.25) is 5.91 Å². The molecule has 0 spiro atoms. The van der Waals surface area contributed by atoms with Crippen LogP contribution >= 0.6 is 0 Å². The molecule has 2 fully saturated rings. The minimum absolute atomic E-state index is 0.143. The van der Waals surface area contributed by atoms with E-state index < -0.39 is 0 Å². The maximum absolute atomic E-state index is 12.5. The number of fused-ring (bicyclic) bond motifs is 5. The third-order valence-corrected chi connectivity index (χ3v) is 8.07. The van der Waals surface area contributed by atoms with Gasteiger partial charge in [-0.25, -0.2) is 0 Å². The van der Waals surface area contributed by atoms with E-state index in [1.54, 1.807) is 6.07 Å². The molecule has 0 radical (unpaired) electrons. The number of hydrogen-bond donors (Lipinski definition) is 0. The van der Waals surface area contributed by atoms with Gasteiger partial charge < -0.3 is 14.0 Å². The Kier molecular flexibility index (Phi) is 5.77. The Morgan fingerprint density at radius 2 is 1.82 bits per heavy atom. The Bertz CT molecular complexity index is 1250. The highest BCUT2D eigenvalue weighted by molar-refractivity contribution is 5.84. The minimum atomic E-state index is 0.143. The van der Waals surface area contributed by atoms with Crippen LogP contribution < -0.4 is 5.56 Å². The van der Waals surface area contributed by atoms with Crippen molar-refractivity contribution in [3.8, 4) is 0 Å². The number of likely N-dealkylation sites (tertiary alicyclic amines) is 2. The zero-order valence-corrected chi connectivity index (χ0v) is 19.9. The lowest BCUT2D eigenvalue weighted by atomic mass is 9.83. The Balaban J connectivity index is 1.17. The summed E-state index contributed by atoms with van der Waals surface area (Å²) < 4.78 is 4.40. The third kappa shape index (κ3) is 4.09. The second-order valence-corrected chi connectivity index (χ2v) is 10.5. The minimum Gasteiger partial charge on any atom is -0.343 e. The number of nitrogens with zero attached hydrogens (tertiary/aromatic N) is 4. The summed E-state index contributed by atoms with van der Waals surface area (Å²) in [6.45, 7) is 5.61. The highest BCUT2D eigenvalue weighted by Crippen LogP contribution is 2.35. The van der Waals surface area contributed by atoms with Crippen molar-refractivity contribution in [3.05, 3.63) is 70.3 Å². The molecule has 6 heteroatoms. The summed E-state index contributed by atoms with van der Waals surface area (Å²) >= 11 is 0. The van der Waals surface area contributed by atoms with E-state index in [2.05, 4.69) is 46.0 Å². The second-order valence-electron chi connectivity index (χ2n) is 10.5. The molecule has 1 amide bonds. The van der Waals surface area contributed by atoms with Crippen LogP contribution in [0.5, 0.6) is 0 Å². The number of hydrogen-bond acceptors (Lipinski definition) is 3. The van der Waals surface area contributed by atoms with Gasteiger partial charge in [0.1, 0.15) is 0 Å². The number of benzene rings is 1. The molecule has 2 unspecified atom stereocenters. The van der Waals surface area contributed by atoms with Gasteiger partial charge in [0.25, 0.3) is 5.56 Å². The molecular formula is C28H34N4O2. The smallest absolute Gasteiger partial charge is 0.250 e. The first kappa shape index (κ1) is 21.7. The third-order valence-electron chi connectivity index (χ3n) is 8.07. The number of para-hydroxylation sites is 1. The topological polar surface area (TPSA) is 50.5 Å². The highest BCUT2D eigenvalue weighted by Gasteiger charge is 2.34. The normalized spacial score (nSPS) is 22.3. The lowest BCUT2D eigenvalue weighted by Crippen LogP contribution is -2.47. The van der Waals surface area contributed by atoms with Gasteiger partial charge in [-0.2, -0.15) is 0 Å². The number of piperidine rings is 1. The lowest BCUT2D eigenvalue weighted by molar-refractivity contribution is -0.130. The molecule has 0 aliphatic carbocycles. The van der Waals surface area contributed by atoms with E-state index in [0.29, 0.717) is 24.2 Å². The maximum Gasteiger partial charge on any atom is 0.250 e. The summed E-state index contributed by atoms with van der Waals surface area (Å²) in [4.78, 5) is 29.4. The molecule has 1 aromatic carbocycles. The van der Waals surface area contributed by atoms with E-state index in [9.17, 15) is 9.59 Å². The van der Waals surface area contributed by atoms with Gasteiger partial charge in [0, 0.05) is 73.9 Å². The fourth-order valence-corrected chi connectivity index (χ4v) is 6.52. The molecule has 2 atom stereocenters. The van der Waals surface area contributed by atoms with Crippen LogP contribution in [-0.2, 0) is 24.4 Å². The van der Waals surface area contributed by atoms with Crippen LogP contribution in [0.1, 0.15) is 49.3 Å². The Morgan fingerprint density at radius 3 is 2.71 bits per heavy atom. The molecule has 2 aromatic heterocycles. The Labute approximate surface area is 200 Å².